The van der Waals surface area contributed by atoms with Gasteiger partial charge in [-0.1, -0.05) is 42.5 Å². The molecule has 98 valence electrons. The normalized spacial score (nSPS) is 11.8. The molecule has 0 saturated heterocycles. The second kappa shape index (κ2) is 6.20. The highest BCUT2D eigenvalue weighted by atomic mass is 32.1. The van der Waals surface area contributed by atoms with Gasteiger partial charge in [0.25, 0.3) is 0 Å². The van der Waals surface area contributed by atoms with Crippen LogP contribution >= 0.6 is 12.2 Å². The van der Waals surface area contributed by atoms with Gasteiger partial charge in [-0.2, -0.15) is 0 Å². The number of phenols is 1. The molecule has 4 heteroatoms. The Bertz CT molecular complexity index is 557. The number of rotatable bonds is 5. The van der Waals surface area contributed by atoms with Crippen molar-refractivity contribution in [2.24, 2.45) is 0 Å². The highest BCUT2D eigenvalue weighted by Crippen LogP contribution is 2.28. The number of benzene rings is 2. The maximum atomic E-state index is 9.78. The lowest BCUT2D eigenvalue weighted by molar-refractivity contribution is 0.476. The summed E-state index contributed by atoms with van der Waals surface area (Å²) in [6.07, 6.45) is 0.313. The third-order valence-electron chi connectivity index (χ3n) is 2.81. The molecule has 0 spiro atoms. The van der Waals surface area contributed by atoms with Gasteiger partial charge in [-0.3, -0.25) is 0 Å². The Kier molecular flexibility index (Phi) is 4.36. The van der Waals surface area contributed by atoms with Gasteiger partial charge in [-0.15, -0.1) is 0 Å². The number of para-hydroxylation sites is 2. The molecule has 2 rings (SSSR count). The summed E-state index contributed by atoms with van der Waals surface area (Å²) in [5, 5.41) is 22.3. The van der Waals surface area contributed by atoms with Gasteiger partial charge in [-0.25, -0.2) is 0 Å². The maximum Gasteiger partial charge on any atom is 0.158 e. The van der Waals surface area contributed by atoms with E-state index in [2.05, 4.69) is 5.32 Å². The first-order valence-electron chi connectivity index (χ1n) is 5.98. The summed E-state index contributed by atoms with van der Waals surface area (Å²) in [5.74, 6) is 0.173. The van der Waals surface area contributed by atoms with Crippen LogP contribution in [0.25, 0.3) is 0 Å². The Hall–Kier alpha value is -2.07. The summed E-state index contributed by atoms with van der Waals surface area (Å²) in [6, 6.07) is 16.5. The van der Waals surface area contributed by atoms with E-state index in [0.717, 1.165) is 5.56 Å². The zero-order valence-corrected chi connectivity index (χ0v) is 11.1. The number of thiocarbonyl (C=S) groups is 1. The molecule has 3 nitrogen and oxygen atoms in total. The number of anilines is 1. The van der Waals surface area contributed by atoms with Gasteiger partial charge < -0.3 is 15.5 Å². The zero-order valence-electron chi connectivity index (χ0n) is 10.3. The molecule has 3 N–H and O–H groups in total. The first kappa shape index (κ1) is 13.4. The van der Waals surface area contributed by atoms with Crippen molar-refractivity contribution in [3.05, 3.63) is 60.2 Å². The van der Waals surface area contributed by atoms with E-state index in [-0.39, 0.29) is 16.8 Å². The second-order valence-corrected chi connectivity index (χ2v) is 4.69. The summed E-state index contributed by atoms with van der Waals surface area (Å²) in [5.41, 5.74) is 1.62. The van der Waals surface area contributed by atoms with E-state index in [9.17, 15) is 10.2 Å². The van der Waals surface area contributed by atoms with Crippen LogP contribution in [0, 0.1) is 0 Å². The van der Waals surface area contributed by atoms with Gasteiger partial charge in [0, 0.05) is 6.42 Å². The van der Waals surface area contributed by atoms with Crippen molar-refractivity contribution in [2.45, 2.75) is 12.5 Å². The Morgan fingerprint density at radius 1 is 1.05 bits per heavy atom. The molecule has 0 aliphatic carbocycles. The van der Waals surface area contributed by atoms with Crippen LogP contribution in [0.3, 0.4) is 0 Å². The third kappa shape index (κ3) is 3.69. The van der Waals surface area contributed by atoms with Gasteiger partial charge in [0.05, 0.1) is 11.7 Å². The fourth-order valence-electron chi connectivity index (χ4n) is 1.90. The Morgan fingerprint density at radius 2 is 1.68 bits per heavy atom. The number of phenolic OH excluding ortho intramolecular Hbond substituents is 1. The lowest BCUT2D eigenvalue weighted by atomic mass is 10.0. The molecule has 0 aliphatic heterocycles. The summed E-state index contributed by atoms with van der Waals surface area (Å²) >= 11 is 4.77. The Labute approximate surface area is 117 Å². The Morgan fingerprint density at radius 3 is 2.32 bits per heavy atom. The lowest BCUT2D eigenvalue weighted by Gasteiger charge is -2.20. The number of aromatic hydroxyl groups is 1. The molecule has 19 heavy (non-hydrogen) atoms. The van der Waals surface area contributed by atoms with E-state index in [1.54, 1.807) is 18.2 Å². The lowest BCUT2D eigenvalue weighted by Crippen LogP contribution is -2.14. The second-order valence-electron chi connectivity index (χ2n) is 4.22. The van der Waals surface area contributed by atoms with E-state index in [1.807, 2.05) is 36.4 Å². The van der Waals surface area contributed by atoms with E-state index < -0.39 is 0 Å². The van der Waals surface area contributed by atoms with Crippen LogP contribution in [0.2, 0.25) is 0 Å². The maximum absolute atomic E-state index is 9.78. The summed E-state index contributed by atoms with van der Waals surface area (Å²) in [4.78, 5) is 0. The van der Waals surface area contributed by atoms with Gasteiger partial charge >= 0.3 is 0 Å². The molecular formula is C15H15NO2S. The molecule has 0 amide bonds. The number of hydrogen-bond donors (Lipinski definition) is 3. The molecule has 0 fully saturated rings. The average molecular weight is 273 g/mol. The zero-order chi connectivity index (χ0) is 13.7. The molecule has 2 aromatic carbocycles. The van der Waals surface area contributed by atoms with Crippen molar-refractivity contribution < 1.29 is 10.2 Å². The number of nitrogens with one attached hydrogen (secondary N) is 1. The van der Waals surface area contributed by atoms with Crippen molar-refractivity contribution in [3.8, 4) is 5.75 Å². The predicted octanol–water partition coefficient (Wildman–Crippen LogP) is 3.82. The standard InChI is InChI=1S/C15H15NO2S/c17-14-9-5-4-8-12(14)16-13(10-15(18)19)11-6-2-1-3-7-11/h1-9,13,16-17H,10H2,(H,18,19). The summed E-state index contributed by atoms with van der Waals surface area (Å²) < 4.78 is 0. The third-order valence-corrected chi connectivity index (χ3v) is 2.98. The van der Waals surface area contributed by atoms with Crippen molar-refractivity contribution in [2.75, 3.05) is 5.32 Å². The van der Waals surface area contributed by atoms with Crippen LogP contribution in [0.15, 0.2) is 54.6 Å². The smallest absolute Gasteiger partial charge is 0.158 e. The topological polar surface area (TPSA) is 52.5 Å². The van der Waals surface area contributed by atoms with Crippen molar-refractivity contribution in [1.29, 1.82) is 0 Å². The van der Waals surface area contributed by atoms with Gasteiger partial charge in [-0.05, 0) is 29.9 Å². The quantitative estimate of drug-likeness (QED) is 0.572. The molecule has 0 aromatic heterocycles. The van der Waals surface area contributed by atoms with E-state index in [0.29, 0.717) is 12.1 Å². The number of aliphatic hydroxyl groups is 1. The number of hydrogen-bond acceptors (Lipinski definition) is 3. The van der Waals surface area contributed by atoms with Crippen LogP contribution in [0.1, 0.15) is 18.0 Å². The molecule has 0 bridgehead atoms. The minimum Gasteiger partial charge on any atom is -0.506 e. The minimum absolute atomic E-state index is 0.0585. The predicted molar refractivity (Wildman–Crippen MR) is 80.8 cm³/mol. The minimum atomic E-state index is -0.174. The molecule has 1 unspecified atom stereocenters. The van der Waals surface area contributed by atoms with Crippen LogP contribution in [0.5, 0.6) is 5.75 Å². The molecule has 0 aliphatic rings. The molecule has 2 aromatic rings. The summed E-state index contributed by atoms with van der Waals surface area (Å²) in [6.45, 7) is 0. The van der Waals surface area contributed by atoms with Gasteiger partial charge in [0.15, 0.2) is 5.05 Å². The first-order valence-corrected chi connectivity index (χ1v) is 6.39. The van der Waals surface area contributed by atoms with Gasteiger partial charge in [0.2, 0.25) is 0 Å². The SMILES string of the molecule is OC(=S)CC(Nc1ccccc1O)c1ccccc1. The van der Waals surface area contributed by atoms with E-state index >= 15 is 0 Å². The fourth-order valence-corrected chi connectivity index (χ4v) is 2.06. The van der Waals surface area contributed by atoms with E-state index in [4.69, 9.17) is 12.2 Å². The highest BCUT2D eigenvalue weighted by molar-refractivity contribution is 7.80. The fraction of sp³-hybridized carbons (Fsp3) is 0.133. The Balaban J connectivity index is 2.24. The van der Waals surface area contributed by atoms with Crippen LogP contribution < -0.4 is 5.32 Å². The van der Waals surface area contributed by atoms with Crippen molar-refractivity contribution >= 4 is 23.0 Å². The average Bonchev–Trinajstić information content (AvgIpc) is 2.41. The largest absolute Gasteiger partial charge is 0.506 e. The van der Waals surface area contributed by atoms with Crippen molar-refractivity contribution in [1.82, 2.24) is 0 Å². The van der Waals surface area contributed by atoms with Crippen molar-refractivity contribution in [3.63, 3.8) is 0 Å². The molecule has 0 saturated carbocycles. The molecule has 0 radical (unpaired) electrons. The highest BCUT2D eigenvalue weighted by Gasteiger charge is 2.14. The molecule has 1 atom stereocenters. The molecule has 0 heterocycles. The number of aliphatic hydroxyl groups excluding tert-OH is 1. The van der Waals surface area contributed by atoms with Gasteiger partial charge in [0.1, 0.15) is 5.75 Å². The monoisotopic (exact) mass is 273 g/mol. The van der Waals surface area contributed by atoms with Crippen LogP contribution in [-0.4, -0.2) is 15.3 Å². The first-order chi connectivity index (χ1) is 9.16. The molecular weight excluding hydrogens is 258 g/mol. The van der Waals surface area contributed by atoms with Crippen LogP contribution in [-0.2, 0) is 0 Å². The summed E-state index contributed by atoms with van der Waals surface area (Å²) in [7, 11) is 0. The van der Waals surface area contributed by atoms with Crippen LogP contribution in [0.4, 0.5) is 5.69 Å². The van der Waals surface area contributed by atoms with E-state index in [1.165, 1.54) is 0 Å².